The molecule has 0 radical (unpaired) electrons. The van der Waals surface area contributed by atoms with Crippen molar-refractivity contribution in [2.75, 3.05) is 13.2 Å². The molecule has 0 saturated carbocycles. The van der Waals surface area contributed by atoms with Crippen LogP contribution in [0.3, 0.4) is 0 Å². The number of hydrogen-bond acceptors (Lipinski definition) is 4. The van der Waals surface area contributed by atoms with Crippen LogP contribution in [0.15, 0.2) is 180 Å². The van der Waals surface area contributed by atoms with Crippen LogP contribution in [0.5, 0.6) is 0 Å². The van der Waals surface area contributed by atoms with Gasteiger partial charge >= 0.3 is 0 Å². The van der Waals surface area contributed by atoms with E-state index < -0.39 is 15.8 Å². The summed E-state index contributed by atoms with van der Waals surface area (Å²) in [5.74, 6) is 1.38. The summed E-state index contributed by atoms with van der Waals surface area (Å²) >= 11 is 0. The third-order valence-corrected chi connectivity index (χ3v) is 13.6. The molecule has 48 heavy (non-hydrogen) atoms. The number of aliphatic imine (C=N–C) groups is 2. The number of nitrogens with zero attached hydrogens (tertiary/aromatic N) is 2. The average molecular weight is 661 g/mol. The Morgan fingerprint density at radius 2 is 0.667 bits per heavy atom. The molecule has 2 aliphatic rings. The maximum absolute atomic E-state index is 6.38. The molecule has 0 amide bonds. The lowest BCUT2D eigenvalue weighted by Gasteiger charge is -2.22. The molecule has 0 N–H and O–H groups in total. The first-order valence-electron chi connectivity index (χ1n) is 16.2. The summed E-state index contributed by atoms with van der Waals surface area (Å²) < 4.78 is 12.8. The van der Waals surface area contributed by atoms with E-state index in [1.165, 1.54) is 31.8 Å². The molecule has 2 atom stereocenters. The molecule has 6 aromatic carbocycles. The highest BCUT2D eigenvalue weighted by Crippen LogP contribution is 2.36. The standard InChI is InChI=1S/C42H34N2O2P2/c1-5-17-31(18-6-1)47(32-19-7-2-8-20-32)39-27-15-13-25-35(39)41-43-37(29-45-41)38-30-46-42(44-38)36-26-14-16-28-40(36)48(33-21-9-3-10-22-33)34-23-11-4-12-24-34/h1-28,37-38H,29-30H2/t37-,38-/m1/s1. The zero-order valence-corrected chi connectivity index (χ0v) is 28.1. The van der Waals surface area contributed by atoms with E-state index in [-0.39, 0.29) is 12.1 Å². The second-order valence-corrected chi connectivity index (χ2v) is 16.0. The predicted octanol–water partition coefficient (Wildman–Crippen LogP) is 6.19. The highest BCUT2D eigenvalue weighted by molar-refractivity contribution is 7.80. The average Bonchev–Trinajstić information content (AvgIpc) is 3.85. The van der Waals surface area contributed by atoms with Gasteiger partial charge in [0.05, 0.1) is 0 Å². The SMILES string of the molecule is c1ccc(P(c2ccccc2)c2ccccc2C2=N[C@@H]([C@H]3COC(c4ccccc4P(c4ccccc4)c4ccccc4)=N3)CO2)cc1. The van der Waals surface area contributed by atoms with Gasteiger partial charge in [-0.05, 0) is 59.8 Å². The van der Waals surface area contributed by atoms with E-state index in [1.54, 1.807) is 0 Å². The van der Waals surface area contributed by atoms with E-state index in [0.29, 0.717) is 25.0 Å². The van der Waals surface area contributed by atoms with Crippen molar-refractivity contribution in [3.05, 3.63) is 181 Å². The summed E-state index contributed by atoms with van der Waals surface area (Å²) in [6, 6.07) is 59.9. The zero-order valence-electron chi connectivity index (χ0n) is 26.3. The number of hydrogen-bond donors (Lipinski definition) is 0. The third-order valence-electron chi connectivity index (χ3n) is 8.60. The monoisotopic (exact) mass is 660 g/mol. The fourth-order valence-electron chi connectivity index (χ4n) is 6.33. The van der Waals surface area contributed by atoms with Gasteiger partial charge in [-0.25, -0.2) is 9.98 Å². The second-order valence-electron chi connectivity index (χ2n) is 11.7. The summed E-state index contributed by atoms with van der Waals surface area (Å²) in [6.07, 6.45) is 0. The van der Waals surface area contributed by atoms with Gasteiger partial charge < -0.3 is 9.47 Å². The van der Waals surface area contributed by atoms with Crippen molar-refractivity contribution in [3.63, 3.8) is 0 Å². The highest BCUT2D eigenvalue weighted by Gasteiger charge is 2.35. The van der Waals surface area contributed by atoms with Crippen molar-refractivity contribution >= 4 is 59.5 Å². The molecule has 0 spiro atoms. The summed E-state index contributed by atoms with van der Waals surface area (Å²) in [7, 11) is -1.61. The van der Waals surface area contributed by atoms with Crippen molar-refractivity contribution < 1.29 is 9.47 Å². The normalized spacial score (nSPS) is 17.1. The van der Waals surface area contributed by atoms with E-state index in [4.69, 9.17) is 19.5 Å². The Bertz CT molecular complexity index is 1820. The smallest absolute Gasteiger partial charge is 0.217 e. The lowest BCUT2D eigenvalue weighted by atomic mass is 10.1. The Morgan fingerprint density at radius 1 is 0.375 bits per heavy atom. The molecule has 8 rings (SSSR count). The van der Waals surface area contributed by atoms with Gasteiger partial charge in [-0.3, -0.25) is 0 Å². The largest absolute Gasteiger partial charge is 0.475 e. The molecule has 0 bridgehead atoms. The topological polar surface area (TPSA) is 43.2 Å². The molecular weight excluding hydrogens is 626 g/mol. The second kappa shape index (κ2) is 14.1. The molecule has 234 valence electrons. The Labute approximate surface area is 284 Å². The van der Waals surface area contributed by atoms with E-state index >= 15 is 0 Å². The van der Waals surface area contributed by atoms with Gasteiger partial charge in [0.25, 0.3) is 0 Å². The van der Waals surface area contributed by atoms with Gasteiger partial charge in [0, 0.05) is 11.1 Å². The maximum atomic E-state index is 6.38. The van der Waals surface area contributed by atoms with Crippen LogP contribution in [0.25, 0.3) is 0 Å². The van der Waals surface area contributed by atoms with E-state index in [1.807, 2.05) is 0 Å². The molecular formula is C42H34N2O2P2. The van der Waals surface area contributed by atoms with Gasteiger partial charge in [-0.1, -0.05) is 158 Å². The number of ether oxygens (including phenoxy) is 2. The van der Waals surface area contributed by atoms with E-state index in [2.05, 4.69) is 170 Å². The van der Waals surface area contributed by atoms with Crippen molar-refractivity contribution in [1.82, 2.24) is 0 Å². The predicted molar refractivity (Wildman–Crippen MR) is 203 cm³/mol. The number of rotatable bonds is 9. The molecule has 0 unspecified atom stereocenters. The molecule has 2 aliphatic heterocycles. The Balaban J connectivity index is 1.12. The molecule has 6 aromatic rings. The lowest BCUT2D eigenvalue weighted by Crippen LogP contribution is -2.25. The third kappa shape index (κ3) is 6.22. The summed E-state index contributed by atoms with van der Waals surface area (Å²) in [5.41, 5.74) is 2.09. The molecule has 0 aromatic heterocycles. The molecule has 4 nitrogen and oxygen atoms in total. The first-order valence-corrected chi connectivity index (χ1v) is 18.9. The molecule has 0 saturated heterocycles. The van der Waals surface area contributed by atoms with Crippen molar-refractivity contribution in [2.45, 2.75) is 12.1 Å². The van der Waals surface area contributed by atoms with Gasteiger partial charge in [-0.15, -0.1) is 0 Å². The highest BCUT2D eigenvalue weighted by atomic mass is 31.1. The van der Waals surface area contributed by atoms with E-state index in [9.17, 15) is 0 Å². The summed E-state index contributed by atoms with van der Waals surface area (Å²) in [6.45, 7) is 0.955. The minimum absolute atomic E-state index is 0.123. The van der Waals surface area contributed by atoms with Crippen LogP contribution in [0.1, 0.15) is 11.1 Å². The Hall–Kier alpha value is -4.88. The Morgan fingerprint density at radius 3 is 1.00 bits per heavy atom. The summed E-state index contributed by atoms with van der Waals surface area (Å²) in [5, 5.41) is 7.66. The van der Waals surface area contributed by atoms with Crippen LogP contribution in [-0.2, 0) is 9.47 Å². The minimum atomic E-state index is -0.805. The van der Waals surface area contributed by atoms with Crippen molar-refractivity contribution in [1.29, 1.82) is 0 Å². The molecule has 0 aliphatic carbocycles. The van der Waals surface area contributed by atoms with Crippen LogP contribution in [0.2, 0.25) is 0 Å². The van der Waals surface area contributed by atoms with Crippen LogP contribution in [-0.4, -0.2) is 37.1 Å². The van der Waals surface area contributed by atoms with Gasteiger partial charge in [0.15, 0.2) is 0 Å². The zero-order chi connectivity index (χ0) is 32.1. The van der Waals surface area contributed by atoms with Crippen LogP contribution >= 0.6 is 15.8 Å². The van der Waals surface area contributed by atoms with E-state index in [0.717, 1.165) is 11.1 Å². The maximum Gasteiger partial charge on any atom is 0.217 e. The summed E-state index contributed by atoms with van der Waals surface area (Å²) in [4.78, 5) is 10.3. The number of benzene rings is 6. The molecule has 0 fully saturated rings. The lowest BCUT2D eigenvalue weighted by molar-refractivity contribution is 0.263. The molecule has 6 heteroatoms. The molecule has 2 heterocycles. The first-order chi connectivity index (χ1) is 23.8. The van der Waals surface area contributed by atoms with Crippen LogP contribution in [0, 0.1) is 0 Å². The van der Waals surface area contributed by atoms with Crippen LogP contribution in [0.4, 0.5) is 0 Å². The van der Waals surface area contributed by atoms with Gasteiger partial charge in [0.2, 0.25) is 11.8 Å². The fourth-order valence-corrected chi connectivity index (χ4v) is 11.2. The van der Waals surface area contributed by atoms with Crippen molar-refractivity contribution in [3.8, 4) is 0 Å². The quantitative estimate of drug-likeness (QED) is 0.174. The van der Waals surface area contributed by atoms with Crippen molar-refractivity contribution in [2.24, 2.45) is 9.98 Å². The first kappa shape index (κ1) is 30.5. The Kier molecular flexibility index (Phi) is 8.93. The minimum Gasteiger partial charge on any atom is -0.475 e. The van der Waals surface area contributed by atoms with Gasteiger partial charge in [0.1, 0.15) is 25.3 Å². The fraction of sp³-hybridized carbons (Fsp3) is 0.0952. The van der Waals surface area contributed by atoms with Gasteiger partial charge in [-0.2, -0.15) is 0 Å². The van der Waals surface area contributed by atoms with Crippen LogP contribution < -0.4 is 31.8 Å².